The first-order valence-corrected chi connectivity index (χ1v) is 8.39. The quantitative estimate of drug-likeness (QED) is 0.860. The van der Waals surface area contributed by atoms with E-state index >= 15 is 0 Å². The number of nitrogens with one attached hydrogen (secondary N) is 2. The van der Waals surface area contributed by atoms with Gasteiger partial charge in [0.1, 0.15) is 0 Å². The van der Waals surface area contributed by atoms with Crippen LogP contribution in [0.2, 0.25) is 0 Å². The van der Waals surface area contributed by atoms with Gasteiger partial charge in [0.15, 0.2) is 0 Å². The van der Waals surface area contributed by atoms with E-state index in [4.69, 9.17) is 0 Å². The highest BCUT2D eigenvalue weighted by Crippen LogP contribution is 2.16. The second kappa shape index (κ2) is 6.24. The zero-order valence-electron chi connectivity index (χ0n) is 11.9. The van der Waals surface area contributed by atoms with Gasteiger partial charge in [-0.15, -0.1) is 0 Å². The van der Waals surface area contributed by atoms with E-state index in [0.29, 0.717) is 4.47 Å². The molecule has 7 heteroatoms. The van der Waals surface area contributed by atoms with E-state index in [0.717, 1.165) is 0 Å². The van der Waals surface area contributed by atoms with Crippen molar-refractivity contribution in [1.82, 2.24) is 10.0 Å². The van der Waals surface area contributed by atoms with Crippen LogP contribution in [0.5, 0.6) is 0 Å². The molecule has 1 unspecified atom stereocenters. The highest BCUT2D eigenvalue weighted by molar-refractivity contribution is 9.10. The summed E-state index contributed by atoms with van der Waals surface area (Å²) in [7, 11) is -3.72. The summed E-state index contributed by atoms with van der Waals surface area (Å²) in [4.78, 5) is 12.0. The molecule has 0 bridgehead atoms. The van der Waals surface area contributed by atoms with Crippen LogP contribution in [0, 0.1) is 0 Å². The lowest BCUT2D eigenvalue weighted by molar-refractivity contribution is -0.123. The van der Waals surface area contributed by atoms with Crippen molar-refractivity contribution in [3.63, 3.8) is 0 Å². The van der Waals surface area contributed by atoms with E-state index in [1.54, 1.807) is 12.1 Å². The topological polar surface area (TPSA) is 75.3 Å². The zero-order valence-corrected chi connectivity index (χ0v) is 14.3. The monoisotopic (exact) mass is 362 g/mol. The molecule has 0 saturated heterocycles. The summed E-state index contributed by atoms with van der Waals surface area (Å²) in [6.07, 6.45) is 0. The van der Waals surface area contributed by atoms with E-state index in [1.165, 1.54) is 19.1 Å². The number of halogens is 1. The third kappa shape index (κ3) is 5.22. The average molecular weight is 363 g/mol. The number of sulfonamides is 1. The molecule has 2 N–H and O–H groups in total. The van der Waals surface area contributed by atoms with Crippen LogP contribution in [0.1, 0.15) is 27.7 Å². The molecule has 0 aliphatic carbocycles. The fourth-order valence-corrected chi connectivity index (χ4v) is 3.27. The Morgan fingerprint density at radius 2 is 1.90 bits per heavy atom. The Balaban J connectivity index is 2.84. The molecule has 20 heavy (non-hydrogen) atoms. The van der Waals surface area contributed by atoms with Crippen molar-refractivity contribution in [3.05, 3.63) is 28.7 Å². The van der Waals surface area contributed by atoms with Gasteiger partial charge >= 0.3 is 0 Å². The standard InChI is InChI=1S/C13H19BrN2O3S/c1-9(12(17)15-13(2,3)4)16-20(18,19)11-7-5-6-10(14)8-11/h5-9,16H,1-4H3,(H,15,17). The van der Waals surface area contributed by atoms with Crippen LogP contribution in [0.25, 0.3) is 0 Å². The van der Waals surface area contributed by atoms with Crippen LogP contribution >= 0.6 is 15.9 Å². The van der Waals surface area contributed by atoms with Crippen molar-refractivity contribution in [3.8, 4) is 0 Å². The Kier molecular flexibility index (Phi) is 5.34. The zero-order chi connectivity index (χ0) is 15.6. The van der Waals surface area contributed by atoms with Crippen molar-refractivity contribution in [1.29, 1.82) is 0 Å². The van der Waals surface area contributed by atoms with Gasteiger partial charge in [0.2, 0.25) is 15.9 Å². The molecule has 1 amide bonds. The first-order valence-electron chi connectivity index (χ1n) is 6.11. The van der Waals surface area contributed by atoms with Gasteiger partial charge in [-0.1, -0.05) is 22.0 Å². The van der Waals surface area contributed by atoms with Gasteiger partial charge in [0, 0.05) is 10.0 Å². The normalized spacial score (nSPS) is 13.8. The van der Waals surface area contributed by atoms with E-state index in [-0.39, 0.29) is 10.8 Å². The molecule has 1 aromatic rings. The van der Waals surface area contributed by atoms with Crippen molar-refractivity contribution >= 4 is 31.9 Å². The van der Waals surface area contributed by atoms with E-state index in [1.807, 2.05) is 20.8 Å². The number of hydrogen-bond acceptors (Lipinski definition) is 3. The highest BCUT2D eigenvalue weighted by Gasteiger charge is 2.24. The first-order chi connectivity index (χ1) is 9.01. The maximum absolute atomic E-state index is 12.2. The van der Waals surface area contributed by atoms with Crippen molar-refractivity contribution in [2.24, 2.45) is 0 Å². The molecular weight excluding hydrogens is 344 g/mol. The fraction of sp³-hybridized carbons (Fsp3) is 0.462. The lowest BCUT2D eigenvalue weighted by Gasteiger charge is -2.23. The van der Waals surface area contributed by atoms with Crippen molar-refractivity contribution in [2.45, 2.75) is 44.2 Å². The fourth-order valence-electron chi connectivity index (χ4n) is 1.47. The van der Waals surface area contributed by atoms with E-state index in [2.05, 4.69) is 26.0 Å². The molecule has 5 nitrogen and oxygen atoms in total. The summed E-state index contributed by atoms with van der Waals surface area (Å²) < 4.78 is 27.3. The second-order valence-corrected chi connectivity index (χ2v) is 8.17. The minimum absolute atomic E-state index is 0.113. The number of carbonyl (C=O) groups is 1. The predicted octanol–water partition coefficient (Wildman–Crippen LogP) is 2.03. The molecule has 0 fully saturated rings. The van der Waals surface area contributed by atoms with E-state index < -0.39 is 21.6 Å². The molecule has 0 aromatic heterocycles. The number of hydrogen-bond donors (Lipinski definition) is 2. The summed E-state index contributed by atoms with van der Waals surface area (Å²) in [5, 5.41) is 2.73. The Hall–Kier alpha value is -0.920. The van der Waals surface area contributed by atoms with Crippen LogP contribution in [0.15, 0.2) is 33.6 Å². The Bertz CT molecular complexity index is 594. The summed E-state index contributed by atoms with van der Waals surface area (Å²) in [5.74, 6) is -0.365. The van der Waals surface area contributed by atoms with Gasteiger partial charge in [0.05, 0.1) is 10.9 Å². The van der Waals surface area contributed by atoms with Gasteiger partial charge < -0.3 is 5.32 Å². The smallest absolute Gasteiger partial charge is 0.241 e. The number of amides is 1. The Labute approximate surface area is 128 Å². The summed E-state index contributed by atoms with van der Waals surface area (Å²) >= 11 is 3.22. The third-order valence-electron chi connectivity index (χ3n) is 2.33. The van der Waals surface area contributed by atoms with Crippen LogP contribution in [-0.2, 0) is 14.8 Å². The number of rotatable bonds is 4. The molecule has 0 saturated carbocycles. The SMILES string of the molecule is CC(NS(=O)(=O)c1cccc(Br)c1)C(=O)NC(C)(C)C. The maximum atomic E-state index is 12.2. The molecule has 0 spiro atoms. The maximum Gasteiger partial charge on any atom is 0.241 e. The molecule has 0 aliphatic rings. The summed E-state index contributed by atoms with van der Waals surface area (Å²) in [6, 6.07) is 5.46. The molecule has 1 aromatic carbocycles. The van der Waals surface area contributed by atoms with Crippen LogP contribution < -0.4 is 10.0 Å². The Morgan fingerprint density at radius 3 is 2.40 bits per heavy atom. The highest BCUT2D eigenvalue weighted by atomic mass is 79.9. The average Bonchev–Trinajstić information content (AvgIpc) is 2.26. The van der Waals surface area contributed by atoms with E-state index in [9.17, 15) is 13.2 Å². The number of carbonyl (C=O) groups excluding carboxylic acids is 1. The third-order valence-corrected chi connectivity index (χ3v) is 4.36. The van der Waals surface area contributed by atoms with Crippen LogP contribution in [0.4, 0.5) is 0 Å². The lowest BCUT2D eigenvalue weighted by Crippen LogP contribution is -2.50. The van der Waals surface area contributed by atoms with Gasteiger partial charge in [0.25, 0.3) is 0 Å². The van der Waals surface area contributed by atoms with Crippen molar-refractivity contribution < 1.29 is 13.2 Å². The molecule has 0 aliphatic heterocycles. The second-order valence-electron chi connectivity index (χ2n) is 5.54. The van der Waals surface area contributed by atoms with Crippen LogP contribution in [0.3, 0.4) is 0 Å². The largest absolute Gasteiger partial charge is 0.350 e. The summed E-state index contributed by atoms with van der Waals surface area (Å²) in [5.41, 5.74) is -0.410. The summed E-state index contributed by atoms with van der Waals surface area (Å²) in [6.45, 7) is 7.01. The molecular formula is C13H19BrN2O3S. The molecule has 1 atom stereocenters. The van der Waals surface area contributed by atoms with Gasteiger partial charge in [-0.2, -0.15) is 4.72 Å². The van der Waals surface area contributed by atoms with Gasteiger partial charge in [-0.3, -0.25) is 4.79 Å². The Morgan fingerprint density at radius 1 is 1.30 bits per heavy atom. The van der Waals surface area contributed by atoms with Crippen molar-refractivity contribution in [2.75, 3.05) is 0 Å². The lowest BCUT2D eigenvalue weighted by atomic mass is 10.1. The molecule has 0 radical (unpaired) electrons. The van der Waals surface area contributed by atoms with Gasteiger partial charge in [-0.05, 0) is 45.9 Å². The molecule has 1 rings (SSSR count). The first kappa shape index (κ1) is 17.1. The minimum Gasteiger partial charge on any atom is -0.350 e. The molecule has 112 valence electrons. The minimum atomic E-state index is -3.72. The van der Waals surface area contributed by atoms with Crippen LogP contribution in [-0.4, -0.2) is 25.9 Å². The number of benzene rings is 1. The van der Waals surface area contributed by atoms with Gasteiger partial charge in [-0.25, -0.2) is 8.42 Å². The molecule has 0 heterocycles. The predicted molar refractivity (Wildman–Crippen MR) is 81.8 cm³/mol.